The zero-order valence-electron chi connectivity index (χ0n) is 12.7. The van der Waals surface area contributed by atoms with E-state index in [9.17, 15) is 4.79 Å². The lowest BCUT2D eigenvalue weighted by atomic mass is 9.98. The molecule has 0 aliphatic carbocycles. The van der Waals surface area contributed by atoms with Gasteiger partial charge in [0.15, 0.2) is 0 Å². The van der Waals surface area contributed by atoms with Crippen LogP contribution in [0.25, 0.3) is 0 Å². The van der Waals surface area contributed by atoms with Crippen LogP contribution in [-0.4, -0.2) is 55.2 Å². The topological polar surface area (TPSA) is 45.7 Å². The molecule has 2 fully saturated rings. The van der Waals surface area contributed by atoms with E-state index in [0.717, 1.165) is 58.1 Å². The summed E-state index contributed by atoms with van der Waals surface area (Å²) in [4.78, 5) is 20.8. The molecule has 1 unspecified atom stereocenters. The second kappa shape index (κ2) is 7.29. The fourth-order valence-electron chi connectivity index (χ4n) is 3.12. The van der Waals surface area contributed by atoms with Crippen LogP contribution in [0, 0.1) is 5.92 Å². The molecule has 0 bridgehead atoms. The molecule has 1 aromatic rings. The van der Waals surface area contributed by atoms with Gasteiger partial charge in [-0.3, -0.25) is 4.79 Å². The maximum Gasteiger partial charge on any atom is 0.223 e. The van der Waals surface area contributed by atoms with Crippen LogP contribution in [0.3, 0.4) is 0 Å². The summed E-state index contributed by atoms with van der Waals surface area (Å²) in [5, 5.41) is 0.668. The van der Waals surface area contributed by atoms with Gasteiger partial charge in [-0.25, -0.2) is 4.98 Å². The molecule has 2 aliphatic rings. The lowest BCUT2D eigenvalue weighted by molar-refractivity contribution is -0.133. The Morgan fingerprint density at radius 2 is 2.18 bits per heavy atom. The van der Waals surface area contributed by atoms with Gasteiger partial charge in [-0.1, -0.05) is 11.6 Å². The largest absolute Gasteiger partial charge is 0.381 e. The standard InChI is InChI=1S/C16H22ClN3O2/c17-14-4-1-5-18-16(14)20-8-6-19(7-9-20)15(21)11-13-3-2-10-22-12-13/h1,4-5,13H,2-3,6-12H2. The average molecular weight is 324 g/mol. The van der Waals surface area contributed by atoms with Gasteiger partial charge in [0.1, 0.15) is 5.82 Å². The van der Waals surface area contributed by atoms with Gasteiger partial charge in [-0.15, -0.1) is 0 Å². The van der Waals surface area contributed by atoms with Crippen molar-refractivity contribution >= 4 is 23.3 Å². The smallest absolute Gasteiger partial charge is 0.223 e. The number of amides is 1. The number of aromatic nitrogens is 1. The van der Waals surface area contributed by atoms with Gasteiger partial charge in [-0.2, -0.15) is 0 Å². The molecule has 6 heteroatoms. The van der Waals surface area contributed by atoms with Crippen LogP contribution in [0.1, 0.15) is 19.3 Å². The van der Waals surface area contributed by atoms with Crippen molar-refractivity contribution in [3.8, 4) is 0 Å². The fourth-order valence-corrected chi connectivity index (χ4v) is 3.36. The first-order valence-corrected chi connectivity index (χ1v) is 8.33. The number of pyridine rings is 1. The van der Waals surface area contributed by atoms with E-state index in [2.05, 4.69) is 9.88 Å². The van der Waals surface area contributed by atoms with Crippen LogP contribution in [0.2, 0.25) is 5.02 Å². The van der Waals surface area contributed by atoms with E-state index >= 15 is 0 Å². The summed E-state index contributed by atoms with van der Waals surface area (Å²) in [5.41, 5.74) is 0. The third kappa shape index (κ3) is 3.70. The van der Waals surface area contributed by atoms with Crippen LogP contribution in [0.4, 0.5) is 5.82 Å². The highest BCUT2D eigenvalue weighted by atomic mass is 35.5. The molecule has 0 aromatic carbocycles. The number of nitrogens with zero attached hydrogens (tertiary/aromatic N) is 3. The Kier molecular flexibility index (Phi) is 5.16. The monoisotopic (exact) mass is 323 g/mol. The van der Waals surface area contributed by atoms with Gasteiger partial charge in [0, 0.05) is 52.0 Å². The number of carbonyl (C=O) groups excluding carboxylic acids is 1. The Bertz CT molecular complexity index is 512. The Hall–Kier alpha value is -1.33. The summed E-state index contributed by atoms with van der Waals surface area (Å²) >= 11 is 6.19. The highest BCUT2D eigenvalue weighted by Crippen LogP contribution is 2.24. The van der Waals surface area contributed by atoms with Gasteiger partial charge >= 0.3 is 0 Å². The Balaban J connectivity index is 1.51. The molecule has 1 atom stereocenters. The minimum atomic E-state index is 0.252. The van der Waals surface area contributed by atoms with Crippen molar-refractivity contribution in [1.82, 2.24) is 9.88 Å². The molecule has 0 spiro atoms. The van der Waals surface area contributed by atoms with Gasteiger partial charge in [0.05, 0.1) is 5.02 Å². The van der Waals surface area contributed by atoms with Gasteiger partial charge < -0.3 is 14.5 Å². The second-order valence-corrected chi connectivity index (χ2v) is 6.37. The number of hydrogen-bond acceptors (Lipinski definition) is 4. The number of rotatable bonds is 3. The molecule has 22 heavy (non-hydrogen) atoms. The lowest BCUT2D eigenvalue weighted by Gasteiger charge is -2.36. The summed E-state index contributed by atoms with van der Waals surface area (Å²) < 4.78 is 5.46. The number of halogens is 1. The van der Waals surface area contributed by atoms with Crippen molar-refractivity contribution in [2.24, 2.45) is 5.92 Å². The number of ether oxygens (including phenoxy) is 1. The molecule has 1 amide bonds. The summed E-state index contributed by atoms with van der Waals surface area (Å²) in [5.74, 6) is 1.46. The van der Waals surface area contributed by atoms with Crippen molar-refractivity contribution < 1.29 is 9.53 Å². The van der Waals surface area contributed by atoms with Gasteiger partial charge in [0.25, 0.3) is 0 Å². The number of carbonyl (C=O) groups is 1. The van der Waals surface area contributed by atoms with Crippen LogP contribution >= 0.6 is 11.6 Å². The third-order valence-corrected chi connectivity index (χ3v) is 4.68. The summed E-state index contributed by atoms with van der Waals surface area (Å²) in [6.07, 6.45) is 4.55. The van der Waals surface area contributed by atoms with Crippen LogP contribution in [0.15, 0.2) is 18.3 Å². The summed E-state index contributed by atoms with van der Waals surface area (Å²) in [6, 6.07) is 3.68. The fraction of sp³-hybridized carbons (Fsp3) is 0.625. The van der Waals surface area contributed by atoms with Crippen LogP contribution < -0.4 is 4.90 Å². The molecule has 120 valence electrons. The van der Waals surface area contributed by atoms with Gasteiger partial charge in [-0.05, 0) is 30.9 Å². The number of hydrogen-bond donors (Lipinski definition) is 0. The van der Waals surface area contributed by atoms with Crippen molar-refractivity contribution in [1.29, 1.82) is 0 Å². The predicted octanol–water partition coefficient (Wildman–Crippen LogP) is 2.20. The Morgan fingerprint density at radius 1 is 1.36 bits per heavy atom. The van der Waals surface area contributed by atoms with E-state index < -0.39 is 0 Å². The second-order valence-electron chi connectivity index (χ2n) is 5.96. The zero-order chi connectivity index (χ0) is 15.4. The Labute approximate surface area is 136 Å². The molecule has 1 aromatic heterocycles. The van der Waals surface area contributed by atoms with E-state index in [1.54, 1.807) is 6.20 Å². The molecule has 2 saturated heterocycles. The zero-order valence-corrected chi connectivity index (χ0v) is 13.5. The molecule has 3 rings (SSSR count). The minimum absolute atomic E-state index is 0.252. The molecular weight excluding hydrogens is 302 g/mol. The first-order valence-electron chi connectivity index (χ1n) is 7.95. The SMILES string of the molecule is O=C(CC1CCCOC1)N1CCN(c2ncccc2Cl)CC1. The molecule has 0 radical (unpaired) electrons. The van der Waals surface area contributed by atoms with Crippen molar-refractivity contribution in [3.63, 3.8) is 0 Å². The average Bonchev–Trinajstić information content (AvgIpc) is 2.56. The van der Waals surface area contributed by atoms with E-state index in [1.165, 1.54) is 0 Å². The van der Waals surface area contributed by atoms with Crippen molar-refractivity contribution in [3.05, 3.63) is 23.4 Å². The van der Waals surface area contributed by atoms with Crippen molar-refractivity contribution in [2.45, 2.75) is 19.3 Å². The maximum atomic E-state index is 12.4. The maximum absolute atomic E-state index is 12.4. The van der Waals surface area contributed by atoms with Gasteiger partial charge in [0.2, 0.25) is 5.91 Å². The van der Waals surface area contributed by atoms with E-state index in [1.807, 2.05) is 17.0 Å². The van der Waals surface area contributed by atoms with E-state index in [-0.39, 0.29) is 5.91 Å². The molecule has 3 heterocycles. The van der Waals surface area contributed by atoms with E-state index in [0.29, 0.717) is 17.4 Å². The highest BCUT2D eigenvalue weighted by molar-refractivity contribution is 6.32. The molecular formula is C16H22ClN3O2. The molecule has 5 nitrogen and oxygen atoms in total. The van der Waals surface area contributed by atoms with E-state index in [4.69, 9.17) is 16.3 Å². The molecule has 0 N–H and O–H groups in total. The summed E-state index contributed by atoms with van der Waals surface area (Å²) in [6.45, 7) is 4.61. The molecule has 0 saturated carbocycles. The third-order valence-electron chi connectivity index (χ3n) is 4.39. The normalized spacial score (nSPS) is 22.7. The van der Waals surface area contributed by atoms with Crippen LogP contribution in [-0.2, 0) is 9.53 Å². The minimum Gasteiger partial charge on any atom is -0.381 e. The lowest BCUT2D eigenvalue weighted by Crippen LogP contribution is -2.49. The first-order chi connectivity index (χ1) is 10.7. The van der Waals surface area contributed by atoms with Crippen LogP contribution in [0.5, 0.6) is 0 Å². The highest BCUT2D eigenvalue weighted by Gasteiger charge is 2.25. The number of piperazine rings is 1. The molecule has 2 aliphatic heterocycles. The summed E-state index contributed by atoms with van der Waals surface area (Å²) in [7, 11) is 0. The van der Waals surface area contributed by atoms with Crippen molar-refractivity contribution in [2.75, 3.05) is 44.3 Å². The quantitative estimate of drug-likeness (QED) is 0.855. The number of anilines is 1. The Morgan fingerprint density at radius 3 is 2.86 bits per heavy atom. The predicted molar refractivity (Wildman–Crippen MR) is 86.2 cm³/mol. The first kappa shape index (κ1) is 15.6.